The zero-order valence-corrected chi connectivity index (χ0v) is 12.4. The summed E-state index contributed by atoms with van der Waals surface area (Å²) in [5.74, 6) is 0.204. The van der Waals surface area contributed by atoms with Gasteiger partial charge in [-0.2, -0.15) is 0 Å². The van der Waals surface area contributed by atoms with Gasteiger partial charge in [0.25, 0.3) is 0 Å². The Morgan fingerprint density at radius 3 is 2.32 bits per heavy atom. The summed E-state index contributed by atoms with van der Waals surface area (Å²) in [7, 11) is 0. The van der Waals surface area contributed by atoms with Crippen molar-refractivity contribution >= 4 is 5.97 Å². The van der Waals surface area contributed by atoms with E-state index in [0.29, 0.717) is 11.8 Å². The molecular formula is C17H24O2. The van der Waals surface area contributed by atoms with Crippen molar-refractivity contribution in [2.45, 2.75) is 52.9 Å². The number of carbonyl (C=O) groups is 1. The Kier molecular flexibility index (Phi) is 3.98. The molecule has 3 atom stereocenters. The van der Waals surface area contributed by atoms with E-state index in [0.717, 1.165) is 19.3 Å². The third-order valence-corrected chi connectivity index (χ3v) is 4.47. The van der Waals surface area contributed by atoms with Crippen molar-refractivity contribution in [3.8, 4) is 0 Å². The molecule has 0 bridgehead atoms. The lowest BCUT2D eigenvalue weighted by Gasteiger charge is -2.21. The van der Waals surface area contributed by atoms with Crippen molar-refractivity contribution in [2.75, 3.05) is 0 Å². The lowest BCUT2D eigenvalue weighted by molar-refractivity contribution is -0.138. The van der Waals surface area contributed by atoms with E-state index in [2.05, 4.69) is 39.8 Å². The molecule has 19 heavy (non-hydrogen) atoms. The lowest BCUT2D eigenvalue weighted by atomic mass is 9.84. The molecule has 0 heterocycles. The Labute approximate surface area is 115 Å². The van der Waals surface area contributed by atoms with Gasteiger partial charge in [0.15, 0.2) is 0 Å². The highest BCUT2D eigenvalue weighted by Crippen LogP contribution is 2.46. The van der Waals surface area contributed by atoms with Crippen LogP contribution in [0.15, 0.2) is 12.1 Å². The SMILES string of the molecule is CCC(CC1CC1C(=O)O)c1c(C)cc(C)cc1C. The standard InChI is InChI=1S/C17H24O2/c1-5-13(8-14-9-15(14)17(18)19)16-11(3)6-10(2)7-12(16)4/h6-7,13-15H,5,8-9H2,1-4H3,(H,18,19). The van der Waals surface area contributed by atoms with E-state index in [-0.39, 0.29) is 5.92 Å². The van der Waals surface area contributed by atoms with Gasteiger partial charge in [-0.05, 0) is 68.6 Å². The molecule has 0 radical (unpaired) electrons. The summed E-state index contributed by atoms with van der Waals surface area (Å²) in [6.07, 6.45) is 2.99. The van der Waals surface area contributed by atoms with Gasteiger partial charge in [-0.25, -0.2) is 0 Å². The number of aryl methyl sites for hydroxylation is 3. The maximum absolute atomic E-state index is 11.0. The normalized spacial score (nSPS) is 23.2. The van der Waals surface area contributed by atoms with Crippen LogP contribution < -0.4 is 0 Å². The van der Waals surface area contributed by atoms with Crippen LogP contribution in [-0.4, -0.2) is 11.1 Å². The number of carboxylic acid groups (broad SMARTS) is 1. The molecule has 104 valence electrons. The van der Waals surface area contributed by atoms with E-state index < -0.39 is 5.97 Å². The van der Waals surface area contributed by atoms with Crippen molar-refractivity contribution in [1.29, 1.82) is 0 Å². The quantitative estimate of drug-likeness (QED) is 0.860. The van der Waals surface area contributed by atoms with Crippen molar-refractivity contribution in [3.05, 3.63) is 34.4 Å². The van der Waals surface area contributed by atoms with Gasteiger partial charge >= 0.3 is 5.97 Å². The van der Waals surface area contributed by atoms with Crippen molar-refractivity contribution < 1.29 is 9.90 Å². The van der Waals surface area contributed by atoms with Crippen LogP contribution in [0.25, 0.3) is 0 Å². The number of aliphatic carboxylic acids is 1. The van der Waals surface area contributed by atoms with Crippen LogP contribution in [0, 0.1) is 32.6 Å². The van der Waals surface area contributed by atoms with Gasteiger partial charge in [-0.1, -0.05) is 24.6 Å². The van der Waals surface area contributed by atoms with Gasteiger partial charge in [0.1, 0.15) is 0 Å². The van der Waals surface area contributed by atoms with E-state index >= 15 is 0 Å². The molecule has 2 rings (SSSR count). The molecule has 1 saturated carbocycles. The van der Waals surface area contributed by atoms with Gasteiger partial charge in [-0.3, -0.25) is 4.79 Å². The third kappa shape index (κ3) is 2.99. The van der Waals surface area contributed by atoms with E-state index in [1.54, 1.807) is 0 Å². The van der Waals surface area contributed by atoms with Gasteiger partial charge in [0, 0.05) is 0 Å². The summed E-state index contributed by atoms with van der Waals surface area (Å²) >= 11 is 0. The fraction of sp³-hybridized carbons (Fsp3) is 0.588. The monoisotopic (exact) mass is 260 g/mol. The van der Waals surface area contributed by atoms with E-state index in [1.165, 1.54) is 22.3 Å². The van der Waals surface area contributed by atoms with Crippen molar-refractivity contribution in [2.24, 2.45) is 11.8 Å². The van der Waals surface area contributed by atoms with Crippen LogP contribution in [0.3, 0.4) is 0 Å². The van der Waals surface area contributed by atoms with Crippen LogP contribution in [-0.2, 0) is 4.79 Å². The Hall–Kier alpha value is -1.31. The second-order valence-electron chi connectivity index (χ2n) is 6.09. The highest BCUT2D eigenvalue weighted by molar-refractivity contribution is 5.73. The van der Waals surface area contributed by atoms with Crippen molar-refractivity contribution in [1.82, 2.24) is 0 Å². The maximum Gasteiger partial charge on any atom is 0.306 e. The lowest BCUT2D eigenvalue weighted by Crippen LogP contribution is -2.07. The van der Waals surface area contributed by atoms with E-state index in [4.69, 9.17) is 5.11 Å². The fourth-order valence-electron chi connectivity index (χ4n) is 3.50. The Morgan fingerprint density at radius 2 is 1.89 bits per heavy atom. The molecule has 1 aromatic rings. The predicted octanol–water partition coefficient (Wildman–Crippen LogP) is 4.22. The number of benzene rings is 1. The maximum atomic E-state index is 11.0. The summed E-state index contributed by atoms with van der Waals surface area (Å²) in [4.78, 5) is 11.0. The molecule has 0 saturated heterocycles. The minimum absolute atomic E-state index is 0.0832. The van der Waals surface area contributed by atoms with Crippen LogP contribution in [0.5, 0.6) is 0 Å². The van der Waals surface area contributed by atoms with Gasteiger partial charge < -0.3 is 5.11 Å². The average Bonchev–Trinajstić information content (AvgIpc) is 3.05. The molecule has 1 N–H and O–H groups in total. The molecule has 1 aliphatic carbocycles. The molecule has 2 heteroatoms. The topological polar surface area (TPSA) is 37.3 Å². The summed E-state index contributed by atoms with van der Waals surface area (Å²) < 4.78 is 0. The summed E-state index contributed by atoms with van der Waals surface area (Å²) in [5.41, 5.74) is 5.47. The number of rotatable bonds is 5. The molecule has 1 aromatic carbocycles. The Balaban J connectivity index is 2.17. The fourth-order valence-corrected chi connectivity index (χ4v) is 3.50. The summed E-state index contributed by atoms with van der Waals surface area (Å²) in [6, 6.07) is 4.49. The predicted molar refractivity (Wildman–Crippen MR) is 77.5 cm³/mol. The second kappa shape index (κ2) is 5.36. The summed E-state index contributed by atoms with van der Waals surface area (Å²) in [5, 5.41) is 9.03. The smallest absolute Gasteiger partial charge is 0.306 e. The molecule has 1 aliphatic rings. The molecule has 0 aromatic heterocycles. The van der Waals surface area contributed by atoms with Crippen molar-refractivity contribution in [3.63, 3.8) is 0 Å². The highest BCUT2D eigenvalue weighted by atomic mass is 16.4. The molecule has 0 aliphatic heterocycles. The molecule has 1 fully saturated rings. The number of hydrogen-bond acceptors (Lipinski definition) is 1. The molecular weight excluding hydrogens is 236 g/mol. The van der Waals surface area contributed by atoms with Crippen LogP contribution in [0.4, 0.5) is 0 Å². The zero-order chi connectivity index (χ0) is 14.2. The Bertz CT molecular complexity index is 467. The van der Waals surface area contributed by atoms with E-state index in [1.807, 2.05) is 0 Å². The van der Waals surface area contributed by atoms with Gasteiger partial charge in [0.05, 0.1) is 5.92 Å². The van der Waals surface area contributed by atoms with Crippen LogP contribution in [0.1, 0.15) is 54.4 Å². The first-order valence-corrected chi connectivity index (χ1v) is 7.24. The third-order valence-electron chi connectivity index (χ3n) is 4.47. The molecule has 2 nitrogen and oxygen atoms in total. The minimum Gasteiger partial charge on any atom is -0.481 e. The second-order valence-corrected chi connectivity index (χ2v) is 6.09. The van der Waals surface area contributed by atoms with Crippen LogP contribution >= 0.6 is 0 Å². The summed E-state index contributed by atoms with van der Waals surface area (Å²) in [6.45, 7) is 8.70. The first-order chi connectivity index (χ1) is 8.93. The largest absolute Gasteiger partial charge is 0.481 e. The zero-order valence-electron chi connectivity index (χ0n) is 12.4. The van der Waals surface area contributed by atoms with Gasteiger partial charge in [0.2, 0.25) is 0 Å². The van der Waals surface area contributed by atoms with Gasteiger partial charge in [-0.15, -0.1) is 0 Å². The number of carboxylic acids is 1. The molecule has 0 amide bonds. The molecule has 3 unspecified atom stereocenters. The first kappa shape index (κ1) is 14.1. The Morgan fingerprint density at radius 1 is 1.32 bits per heavy atom. The van der Waals surface area contributed by atoms with Crippen LogP contribution in [0.2, 0.25) is 0 Å². The van der Waals surface area contributed by atoms with E-state index in [9.17, 15) is 4.79 Å². The minimum atomic E-state index is -0.614. The first-order valence-electron chi connectivity index (χ1n) is 7.24. The highest BCUT2D eigenvalue weighted by Gasteiger charge is 2.44. The molecule has 0 spiro atoms. The number of hydrogen-bond donors (Lipinski definition) is 1. The average molecular weight is 260 g/mol.